The Kier molecular flexibility index (Phi) is 5.08. The molecule has 0 saturated heterocycles. The van der Waals surface area contributed by atoms with Gasteiger partial charge in [-0.1, -0.05) is 36.4 Å². The maximum atomic E-state index is 12.8. The number of aryl methyl sites for hydroxylation is 1. The predicted octanol–water partition coefficient (Wildman–Crippen LogP) is 3.38. The minimum atomic E-state index is -3.58. The third kappa shape index (κ3) is 3.25. The van der Waals surface area contributed by atoms with Crippen molar-refractivity contribution in [2.75, 3.05) is 13.2 Å². The molecule has 0 spiro atoms. The summed E-state index contributed by atoms with van der Waals surface area (Å²) in [7, 11) is -3.58. The van der Waals surface area contributed by atoms with Crippen LogP contribution >= 0.6 is 0 Å². The van der Waals surface area contributed by atoms with Gasteiger partial charge in [0, 0.05) is 6.54 Å². The lowest BCUT2D eigenvalue weighted by molar-refractivity contribution is 0.228. The zero-order valence-electron chi connectivity index (χ0n) is 13.0. The van der Waals surface area contributed by atoms with Gasteiger partial charge in [0.2, 0.25) is 0 Å². The molecule has 0 atom stereocenters. The van der Waals surface area contributed by atoms with Crippen LogP contribution in [0.2, 0.25) is 0 Å². The van der Waals surface area contributed by atoms with E-state index in [1.807, 2.05) is 19.9 Å². The highest BCUT2D eigenvalue weighted by molar-refractivity contribution is 7.89. The molecule has 22 heavy (non-hydrogen) atoms. The highest BCUT2D eigenvalue weighted by Gasteiger charge is 2.31. The lowest BCUT2D eigenvalue weighted by Crippen LogP contribution is -2.29. The Labute approximate surface area is 132 Å². The average molecular weight is 319 g/mol. The maximum Gasteiger partial charge on any atom is 0.264 e. The molecule has 4 nitrogen and oxygen atoms in total. The van der Waals surface area contributed by atoms with Gasteiger partial charge in [0.05, 0.1) is 17.2 Å². The summed E-state index contributed by atoms with van der Waals surface area (Å²) < 4.78 is 32.7. The Balaban J connectivity index is 2.38. The van der Waals surface area contributed by atoms with Gasteiger partial charge in [-0.3, -0.25) is 4.31 Å². The molecule has 1 aromatic carbocycles. The molecule has 1 aromatic rings. The lowest BCUT2D eigenvalue weighted by Gasteiger charge is -2.23. The van der Waals surface area contributed by atoms with Crippen LogP contribution < -0.4 is 0 Å². The zero-order chi connectivity index (χ0) is 16.2. The highest BCUT2D eigenvalue weighted by atomic mass is 32.2. The number of rotatable bonds is 6. The molecule has 0 saturated carbocycles. The molecular weight excluding hydrogens is 298 g/mol. The minimum Gasteiger partial charge on any atom is -0.492 e. The van der Waals surface area contributed by atoms with Gasteiger partial charge in [-0.25, -0.2) is 8.42 Å². The van der Waals surface area contributed by atoms with Gasteiger partial charge >= 0.3 is 0 Å². The van der Waals surface area contributed by atoms with E-state index in [1.165, 1.54) is 4.31 Å². The van der Waals surface area contributed by atoms with E-state index < -0.39 is 10.0 Å². The van der Waals surface area contributed by atoms with Crippen LogP contribution in [0.4, 0.5) is 0 Å². The highest BCUT2D eigenvalue weighted by Crippen LogP contribution is 2.30. The average Bonchev–Trinajstić information content (AvgIpc) is 2.97. The first-order valence-electron chi connectivity index (χ1n) is 7.26. The fourth-order valence-electron chi connectivity index (χ4n) is 2.32. The molecule has 0 amide bonds. The van der Waals surface area contributed by atoms with E-state index in [2.05, 4.69) is 6.58 Å². The van der Waals surface area contributed by atoms with Crippen LogP contribution in [0.15, 0.2) is 65.4 Å². The number of sulfonamides is 1. The van der Waals surface area contributed by atoms with Crippen molar-refractivity contribution in [3.05, 3.63) is 66.1 Å². The van der Waals surface area contributed by atoms with Crippen molar-refractivity contribution in [2.24, 2.45) is 0 Å². The molecule has 0 bridgehead atoms. The van der Waals surface area contributed by atoms with Crippen LogP contribution in [0.3, 0.4) is 0 Å². The van der Waals surface area contributed by atoms with E-state index in [-0.39, 0.29) is 0 Å². The van der Waals surface area contributed by atoms with E-state index in [9.17, 15) is 8.42 Å². The number of ether oxygens (including phenoxy) is 1. The number of hydrogen-bond acceptors (Lipinski definition) is 3. The number of allylic oxidation sites excluding steroid dienone is 2. The summed E-state index contributed by atoms with van der Waals surface area (Å²) in [5.74, 6) is 0.533. The molecule has 0 unspecified atom stereocenters. The van der Waals surface area contributed by atoms with Crippen molar-refractivity contribution in [2.45, 2.75) is 25.2 Å². The summed E-state index contributed by atoms with van der Waals surface area (Å²) in [5.41, 5.74) is 1.61. The summed E-state index contributed by atoms with van der Waals surface area (Å²) in [6, 6.07) is 6.88. The van der Waals surface area contributed by atoms with Crippen molar-refractivity contribution >= 4 is 10.0 Å². The summed E-state index contributed by atoms with van der Waals surface area (Å²) in [4.78, 5) is 0.292. The first-order chi connectivity index (χ1) is 10.5. The van der Waals surface area contributed by atoms with Gasteiger partial charge in [-0.15, -0.1) is 0 Å². The number of nitrogens with zero attached hydrogens (tertiary/aromatic N) is 1. The number of benzene rings is 1. The van der Waals surface area contributed by atoms with Gasteiger partial charge in [0.25, 0.3) is 10.0 Å². The Morgan fingerprint density at radius 1 is 1.36 bits per heavy atom. The molecule has 0 fully saturated rings. The molecule has 1 aliphatic heterocycles. The van der Waals surface area contributed by atoms with Gasteiger partial charge in [0.15, 0.2) is 0 Å². The van der Waals surface area contributed by atoms with E-state index in [0.29, 0.717) is 35.9 Å². The molecule has 0 aliphatic carbocycles. The van der Waals surface area contributed by atoms with Crippen molar-refractivity contribution in [1.82, 2.24) is 4.31 Å². The normalized spacial score (nSPS) is 15.6. The Morgan fingerprint density at radius 3 is 2.64 bits per heavy atom. The lowest BCUT2D eigenvalue weighted by atomic mass is 10.2. The molecule has 1 heterocycles. The third-order valence-electron chi connectivity index (χ3n) is 3.37. The summed E-state index contributed by atoms with van der Waals surface area (Å²) in [6.45, 7) is 8.34. The van der Waals surface area contributed by atoms with E-state index in [1.54, 1.807) is 36.4 Å². The third-order valence-corrected chi connectivity index (χ3v) is 5.20. The van der Waals surface area contributed by atoms with E-state index in [0.717, 1.165) is 5.56 Å². The molecule has 2 rings (SSSR count). The fraction of sp³-hybridized carbons (Fsp3) is 0.294. The van der Waals surface area contributed by atoms with Crippen molar-refractivity contribution in [3.8, 4) is 0 Å². The minimum absolute atomic E-state index is 0.292. The SMILES string of the molecule is C=C/C=C(/OCC)C1=CCCN1S(=O)(=O)c1ccc(C)cc1. The van der Waals surface area contributed by atoms with E-state index >= 15 is 0 Å². The molecule has 0 aromatic heterocycles. The second-order valence-corrected chi connectivity index (χ2v) is 6.83. The summed E-state index contributed by atoms with van der Waals surface area (Å²) in [6.07, 6.45) is 5.85. The summed E-state index contributed by atoms with van der Waals surface area (Å²) in [5, 5.41) is 0. The largest absolute Gasteiger partial charge is 0.492 e. The van der Waals surface area contributed by atoms with Crippen LogP contribution in [-0.2, 0) is 14.8 Å². The van der Waals surface area contributed by atoms with Crippen molar-refractivity contribution in [3.63, 3.8) is 0 Å². The smallest absolute Gasteiger partial charge is 0.264 e. The van der Waals surface area contributed by atoms with Gasteiger partial charge in [-0.2, -0.15) is 0 Å². The van der Waals surface area contributed by atoms with E-state index in [4.69, 9.17) is 4.74 Å². The van der Waals surface area contributed by atoms with Crippen LogP contribution in [0.5, 0.6) is 0 Å². The van der Waals surface area contributed by atoms with Crippen molar-refractivity contribution < 1.29 is 13.2 Å². The molecule has 1 aliphatic rings. The topological polar surface area (TPSA) is 46.6 Å². The Morgan fingerprint density at radius 2 is 2.05 bits per heavy atom. The molecular formula is C17H21NO3S. The standard InChI is InChI=1S/C17H21NO3S/c1-4-7-17(21-5-2)16-8-6-13-18(16)22(19,20)15-11-9-14(3)10-12-15/h4,7-12H,1,5-6,13H2,2-3H3/b17-7+. The monoisotopic (exact) mass is 319 g/mol. The van der Waals surface area contributed by atoms with Gasteiger partial charge < -0.3 is 4.74 Å². The van der Waals surface area contributed by atoms with Crippen LogP contribution in [0.25, 0.3) is 0 Å². The zero-order valence-corrected chi connectivity index (χ0v) is 13.8. The molecule has 0 radical (unpaired) electrons. The second-order valence-electron chi connectivity index (χ2n) is 4.97. The molecule has 5 heteroatoms. The number of hydrogen-bond donors (Lipinski definition) is 0. The fourth-order valence-corrected chi connectivity index (χ4v) is 3.83. The van der Waals surface area contributed by atoms with Crippen LogP contribution in [-0.4, -0.2) is 25.9 Å². The maximum absolute atomic E-state index is 12.8. The Hall–Kier alpha value is -2.01. The quantitative estimate of drug-likeness (QED) is 0.596. The molecule has 118 valence electrons. The second kappa shape index (κ2) is 6.83. The summed E-state index contributed by atoms with van der Waals surface area (Å²) >= 11 is 0. The first-order valence-corrected chi connectivity index (χ1v) is 8.70. The first kappa shape index (κ1) is 16.4. The van der Waals surface area contributed by atoms with Crippen LogP contribution in [0, 0.1) is 6.92 Å². The predicted molar refractivity (Wildman–Crippen MR) is 87.7 cm³/mol. The molecule has 0 N–H and O–H groups in total. The van der Waals surface area contributed by atoms with Crippen LogP contribution in [0.1, 0.15) is 18.9 Å². The van der Waals surface area contributed by atoms with Gasteiger partial charge in [0.1, 0.15) is 5.76 Å². The van der Waals surface area contributed by atoms with Gasteiger partial charge in [-0.05, 0) is 38.5 Å². The van der Waals surface area contributed by atoms with Crippen molar-refractivity contribution in [1.29, 1.82) is 0 Å². The Bertz CT molecular complexity index is 700.